The Morgan fingerprint density at radius 2 is 1.80 bits per heavy atom. The molecule has 3 heterocycles. The number of rotatable bonds is 5. The Hall–Kier alpha value is -4.24. The number of nitro groups is 1. The van der Waals surface area contributed by atoms with Crippen molar-refractivity contribution in [3.05, 3.63) is 105 Å². The summed E-state index contributed by atoms with van der Waals surface area (Å²) in [6.45, 7) is 3.96. The Labute approximate surface area is 201 Å². The molecule has 0 unspecified atom stereocenters. The van der Waals surface area contributed by atoms with Crippen LogP contribution in [0.25, 0.3) is 5.65 Å². The first-order valence-electron chi connectivity index (χ1n) is 11.2. The summed E-state index contributed by atoms with van der Waals surface area (Å²) in [6, 6.07) is 16.8. The number of benzene rings is 2. The molecule has 1 N–H and O–H groups in total. The fraction of sp³-hybridized carbons (Fsp3) is 0.231. The first-order chi connectivity index (χ1) is 16.9. The van der Waals surface area contributed by atoms with Gasteiger partial charge >= 0.3 is 5.97 Å². The summed E-state index contributed by atoms with van der Waals surface area (Å²) in [6.07, 6.45) is 0.480. The van der Waals surface area contributed by atoms with Gasteiger partial charge in [0.15, 0.2) is 11.8 Å². The van der Waals surface area contributed by atoms with Crippen molar-refractivity contribution >= 4 is 23.0 Å². The number of aromatic nitrogens is 2. The van der Waals surface area contributed by atoms with Gasteiger partial charge in [-0.3, -0.25) is 10.1 Å². The van der Waals surface area contributed by atoms with E-state index in [1.54, 1.807) is 13.2 Å². The predicted molar refractivity (Wildman–Crippen MR) is 130 cm³/mol. The molecule has 5 rings (SSSR count). The Bertz CT molecular complexity index is 1430. The Morgan fingerprint density at radius 3 is 2.51 bits per heavy atom. The van der Waals surface area contributed by atoms with E-state index in [2.05, 4.69) is 5.32 Å². The van der Waals surface area contributed by atoms with Gasteiger partial charge in [0.2, 0.25) is 0 Å². The maximum atomic E-state index is 13.2. The molecular formula is C26H24N4O5. The van der Waals surface area contributed by atoms with E-state index in [0.717, 1.165) is 33.8 Å². The van der Waals surface area contributed by atoms with Crippen molar-refractivity contribution in [3.63, 3.8) is 0 Å². The summed E-state index contributed by atoms with van der Waals surface area (Å²) >= 11 is 0. The Kier molecular flexibility index (Phi) is 5.70. The van der Waals surface area contributed by atoms with Crippen LogP contribution in [0.1, 0.15) is 45.0 Å². The number of esters is 1. The van der Waals surface area contributed by atoms with E-state index in [1.165, 1.54) is 18.2 Å². The highest BCUT2D eigenvalue weighted by molar-refractivity contribution is 5.94. The molecule has 0 saturated heterocycles. The topological polar surface area (TPSA) is 108 Å². The predicted octanol–water partition coefficient (Wildman–Crippen LogP) is 4.94. The van der Waals surface area contributed by atoms with Crippen LogP contribution < -0.4 is 5.32 Å². The molecule has 2 aromatic carbocycles. The maximum Gasteiger partial charge on any atom is 0.345 e. The lowest BCUT2D eigenvalue weighted by Gasteiger charge is -2.39. The number of methoxy groups -OCH3 is 1. The van der Waals surface area contributed by atoms with E-state index in [9.17, 15) is 14.9 Å². The number of hydrogen-bond donors (Lipinski definition) is 1. The molecule has 178 valence electrons. The SMILES string of the molecule is CO[C@@H]1c2ccn3c(C)c(C)nc3c2N[C@H](c2ccccc2)[C@H]1OC(=O)c1ccccc1[N+](=O)[O-]. The van der Waals surface area contributed by atoms with Gasteiger partial charge in [-0.2, -0.15) is 0 Å². The normalized spacial score (nSPS) is 19.1. The smallest absolute Gasteiger partial charge is 0.345 e. The van der Waals surface area contributed by atoms with E-state index in [0.29, 0.717) is 0 Å². The number of carbonyl (C=O) groups is 1. The minimum Gasteiger partial charge on any atom is -0.453 e. The number of carbonyl (C=O) groups excluding carboxylic acids is 1. The van der Waals surface area contributed by atoms with Gasteiger partial charge in [0, 0.05) is 30.6 Å². The van der Waals surface area contributed by atoms with Gasteiger partial charge in [-0.05, 0) is 31.5 Å². The summed E-state index contributed by atoms with van der Waals surface area (Å²) in [5.41, 5.74) is 4.73. The fourth-order valence-electron chi connectivity index (χ4n) is 4.64. The van der Waals surface area contributed by atoms with E-state index in [1.807, 2.05) is 60.8 Å². The van der Waals surface area contributed by atoms with Crippen LogP contribution in [0.2, 0.25) is 0 Å². The minimum atomic E-state index is -0.804. The molecule has 0 fully saturated rings. The number of nitrogens with zero attached hydrogens (tertiary/aromatic N) is 3. The lowest BCUT2D eigenvalue weighted by atomic mass is 9.88. The second-order valence-corrected chi connectivity index (χ2v) is 8.46. The van der Waals surface area contributed by atoms with Crippen LogP contribution in [-0.2, 0) is 9.47 Å². The van der Waals surface area contributed by atoms with Crippen molar-refractivity contribution in [1.82, 2.24) is 9.38 Å². The Balaban J connectivity index is 1.63. The summed E-state index contributed by atoms with van der Waals surface area (Å²) < 4.78 is 13.9. The molecule has 4 aromatic rings. The number of hydrogen-bond acceptors (Lipinski definition) is 7. The third-order valence-electron chi connectivity index (χ3n) is 6.51. The summed E-state index contributed by atoms with van der Waals surface area (Å²) in [4.78, 5) is 28.9. The average Bonchev–Trinajstić information content (AvgIpc) is 3.17. The van der Waals surface area contributed by atoms with Crippen molar-refractivity contribution in [2.75, 3.05) is 12.4 Å². The molecule has 3 atom stereocenters. The highest BCUT2D eigenvalue weighted by Gasteiger charge is 2.42. The van der Waals surface area contributed by atoms with Crippen LogP contribution in [-0.4, -0.2) is 33.5 Å². The molecule has 0 amide bonds. The van der Waals surface area contributed by atoms with Crippen LogP contribution in [0.3, 0.4) is 0 Å². The number of ether oxygens (including phenoxy) is 2. The first-order valence-corrected chi connectivity index (χ1v) is 11.2. The van der Waals surface area contributed by atoms with Crippen molar-refractivity contribution in [3.8, 4) is 0 Å². The van der Waals surface area contributed by atoms with Crippen LogP contribution in [0.5, 0.6) is 0 Å². The number of imidazole rings is 1. The second-order valence-electron chi connectivity index (χ2n) is 8.46. The highest BCUT2D eigenvalue weighted by Crippen LogP contribution is 2.44. The zero-order valence-electron chi connectivity index (χ0n) is 19.5. The van der Waals surface area contributed by atoms with Gasteiger partial charge in [-0.15, -0.1) is 0 Å². The third-order valence-corrected chi connectivity index (χ3v) is 6.51. The number of fused-ring (bicyclic) bond motifs is 3. The largest absolute Gasteiger partial charge is 0.453 e. The van der Waals surface area contributed by atoms with E-state index < -0.39 is 29.1 Å². The molecule has 0 bridgehead atoms. The van der Waals surface area contributed by atoms with Crippen molar-refractivity contribution in [1.29, 1.82) is 0 Å². The molecule has 1 aliphatic heterocycles. The number of nitrogens with one attached hydrogen (secondary N) is 1. The summed E-state index contributed by atoms with van der Waals surface area (Å²) in [7, 11) is 1.56. The van der Waals surface area contributed by atoms with E-state index in [4.69, 9.17) is 14.5 Å². The molecule has 35 heavy (non-hydrogen) atoms. The highest BCUT2D eigenvalue weighted by atomic mass is 16.6. The van der Waals surface area contributed by atoms with Crippen LogP contribution >= 0.6 is 0 Å². The van der Waals surface area contributed by atoms with E-state index >= 15 is 0 Å². The molecule has 9 heteroatoms. The molecule has 0 radical (unpaired) electrons. The van der Waals surface area contributed by atoms with Crippen molar-refractivity contribution in [2.24, 2.45) is 0 Å². The van der Waals surface area contributed by atoms with Crippen LogP contribution in [0.4, 0.5) is 11.4 Å². The lowest BCUT2D eigenvalue weighted by Crippen LogP contribution is -2.40. The summed E-state index contributed by atoms with van der Waals surface area (Å²) in [5.74, 6) is -0.788. The van der Waals surface area contributed by atoms with Gasteiger partial charge < -0.3 is 19.2 Å². The number of pyridine rings is 1. The first kappa shape index (κ1) is 22.5. The molecule has 2 aromatic heterocycles. The quantitative estimate of drug-likeness (QED) is 0.249. The van der Waals surface area contributed by atoms with Gasteiger partial charge in [0.25, 0.3) is 5.69 Å². The zero-order valence-corrected chi connectivity index (χ0v) is 19.5. The van der Waals surface area contributed by atoms with Gasteiger partial charge in [-0.1, -0.05) is 42.5 Å². The molecule has 0 aliphatic carbocycles. The zero-order chi connectivity index (χ0) is 24.7. The van der Waals surface area contributed by atoms with Crippen LogP contribution in [0.15, 0.2) is 66.9 Å². The molecule has 1 aliphatic rings. The van der Waals surface area contributed by atoms with Gasteiger partial charge in [0.1, 0.15) is 11.7 Å². The van der Waals surface area contributed by atoms with Crippen molar-refractivity contribution < 1.29 is 19.2 Å². The fourth-order valence-corrected chi connectivity index (χ4v) is 4.64. The van der Waals surface area contributed by atoms with Gasteiger partial charge in [0.05, 0.1) is 22.3 Å². The van der Waals surface area contributed by atoms with Crippen molar-refractivity contribution in [2.45, 2.75) is 32.1 Å². The van der Waals surface area contributed by atoms with Crippen LogP contribution in [0, 0.1) is 24.0 Å². The monoisotopic (exact) mass is 472 g/mol. The number of aryl methyl sites for hydroxylation is 2. The number of anilines is 1. The average molecular weight is 473 g/mol. The molecule has 9 nitrogen and oxygen atoms in total. The minimum absolute atomic E-state index is 0.111. The van der Waals surface area contributed by atoms with Gasteiger partial charge in [-0.25, -0.2) is 9.78 Å². The molecule has 0 spiro atoms. The molecular weight excluding hydrogens is 448 g/mol. The summed E-state index contributed by atoms with van der Waals surface area (Å²) in [5, 5.41) is 15.0. The third kappa shape index (κ3) is 3.79. The molecule has 0 saturated carbocycles. The standard InChI is InChI=1S/C26H24N4O5/c1-15-16(2)29-14-13-19-22(25(29)27-15)28-21(17-9-5-4-6-10-17)24(23(19)34-3)35-26(31)18-11-7-8-12-20(18)30(32)33/h4-14,21,23-24,28H,1-3H3/t21-,23-,24-/m1/s1. The maximum absolute atomic E-state index is 13.2. The second kappa shape index (κ2) is 8.84. The number of para-hydroxylation sites is 1. The Morgan fingerprint density at radius 1 is 1.09 bits per heavy atom. The lowest BCUT2D eigenvalue weighted by molar-refractivity contribution is -0.385. The number of nitro benzene ring substituents is 1. The van der Waals surface area contributed by atoms with E-state index in [-0.39, 0.29) is 11.3 Å².